The van der Waals surface area contributed by atoms with Crippen LogP contribution in [0.4, 0.5) is 0 Å². The topological polar surface area (TPSA) is 21.3 Å². The van der Waals surface area contributed by atoms with Gasteiger partial charge in [0.2, 0.25) is 0 Å². The van der Waals surface area contributed by atoms with Crippen molar-refractivity contribution in [3.05, 3.63) is 0 Å². The fraction of sp³-hybridized carbons (Fsp3) is 1.00. The van der Waals surface area contributed by atoms with E-state index in [-0.39, 0.29) is 0 Å². The van der Waals surface area contributed by atoms with Crippen LogP contribution in [0.15, 0.2) is 0 Å². The Hall–Kier alpha value is -0.0800. The molecule has 1 aliphatic rings. The molecule has 2 nitrogen and oxygen atoms in total. The Morgan fingerprint density at radius 1 is 1.38 bits per heavy atom. The number of nitrogens with one attached hydrogen (secondary N) is 1. The van der Waals surface area contributed by atoms with Crippen LogP contribution in [0.1, 0.15) is 39.0 Å². The summed E-state index contributed by atoms with van der Waals surface area (Å²) in [5.74, 6) is 0.958. The number of likely N-dealkylation sites (N-methyl/N-ethyl adjacent to an activating group) is 1. The van der Waals surface area contributed by atoms with Gasteiger partial charge in [0.1, 0.15) is 0 Å². The summed E-state index contributed by atoms with van der Waals surface area (Å²) in [6.45, 7) is 4.09. The largest absolute Gasteiger partial charge is 0.383 e. The molecule has 2 heteroatoms. The van der Waals surface area contributed by atoms with Gasteiger partial charge in [-0.25, -0.2) is 0 Å². The third kappa shape index (κ3) is 4.10. The Morgan fingerprint density at radius 2 is 2.08 bits per heavy atom. The van der Waals surface area contributed by atoms with Gasteiger partial charge in [0.15, 0.2) is 0 Å². The molecule has 0 amide bonds. The van der Waals surface area contributed by atoms with Gasteiger partial charge in [-0.05, 0) is 18.9 Å². The van der Waals surface area contributed by atoms with Crippen LogP contribution in [0.25, 0.3) is 0 Å². The number of rotatable bonds is 6. The van der Waals surface area contributed by atoms with Crippen molar-refractivity contribution in [3.63, 3.8) is 0 Å². The fourth-order valence-electron chi connectivity index (χ4n) is 2.35. The Balaban J connectivity index is 2.19. The lowest BCUT2D eigenvalue weighted by Gasteiger charge is -2.20. The lowest BCUT2D eigenvalue weighted by Crippen LogP contribution is -2.34. The maximum Gasteiger partial charge on any atom is 0.0615 e. The average molecular weight is 185 g/mol. The molecule has 0 saturated heterocycles. The molecule has 0 bridgehead atoms. The van der Waals surface area contributed by atoms with E-state index in [2.05, 4.69) is 12.2 Å². The van der Waals surface area contributed by atoms with Gasteiger partial charge in [0.25, 0.3) is 0 Å². The first kappa shape index (κ1) is 11.0. The molecule has 1 aliphatic carbocycles. The second kappa shape index (κ2) is 6.39. The van der Waals surface area contributed by atoms with Crippen LogP contribution in [0.5, 0.6) is 0 Å². The highest BCUT2D eigenvalue weighted by molar-refractivity contribution is 4.75. The van der Waals surface area contributed by atoms with Gasteiger partial charge in [-0.2, -0.15) is 0 Å². The van der Waals surface area contributed by atoms with E-state index in [0.717, 1.165) is 19.1 Å². The van der Waals surface area contributed by atoms with E-state index in [9.17, 15) is 0 Å². The van der Waals surface area contributed by atoms with Crippen LogP contribution < -0.4 is 5.32 Å². The molecule has 0 aliphatic heterocycles. The minimum absolute atomic E-state index is 0.582. The van der Waals surface area contributed by atoms with Gasteiger partial charge in [0, 0.05) is 13.2 Å². The number of methoxy groups -OCH3 is 1. The first-order valence-corrected chi connectivity index (χ1v) is 5.59. The number of ether oxygens (including phenoxy) is 1. The molecule has 0 aromatic rings. The summed E-state index contributed by atoms with van der Waals surface area (Å²) < 4.78 is 5.20. The normalized spacial score (nSPS) is 20.8. The molecule has 78 valence electrons. The Morgan fingerprint density at radius 3 is 2.62 bits per heavy atom. The number of hydrogen-bond acceptors (Lipinski definition) is 2. The maximum absolute atomic E-state index is 5.20. The van der Waals surface area contributed by atoms with E-state index < -0.39 is 0 Å². The monoisotopic (exact) mass is 185 g/mol. The van der Waals surface area contributed by atoms with Gasteiger partial charge in [0.05, 0.1) is 6.61 Å². The van der Waals surface area contributed by atoms with Gasteiger partial charge in [-0.1, -0.05) is 32.6 Å². The van der Waals surface area contributed by atoms with Crippen molar-refractivity contribution in [3.8, 4) is 0 Å². The molecule has 0 aromatic heterocycles. The molecule has 1 N–H and O–H groups in total. The van der Waals surface area contributed by atoms with Crippen LogP contribution in [0.3, 0.4) is 0 Å². The quantitative estimate of drug-likeness (QED) is 0.685. The summed E-state index contributed by atoms with van der Waals surface area (Å²) in [4.78, 5) is 0. The second-order valence-electron chi connectivity index (χ2n) is 4.10. The summed E-state index contributed by atoms with van der Waals surface area (Å²) >= 11 is 0. The molecular weight excluding hydrogens is 162 g/mol. The Labute approximate surface area is 82.0 Å². The van der Waals surface area contributed by atoms with E-state index in [1.54, 1.807) is 7.11 Å². The predicted octanol–water partition coefficient (Wildman–Crippen LogP) is 2.19. The van der Waals surface area contributed by atoms with Crippen LogP contribution in [0, 0.1) is 5.92 Å². The minimum Gasteiger partial charge on any atom is -0.383 e. The Bertz CT molecular complexity index is 115. The smallest absolute Gasteiger partial charge is 0.0615 e. The van der Waals surface area contributed by atoms with E-state index in [1.807, 2.05) is 0 Å². The zero-order chi connectivity index (χ0) is 9.52. The zero-order valence-electron chi connectivity index (χ0n) is 9.01. The number of hydrogen-bond donors (Lipinski definition) is 1. The summed E-state index contributed by atoms with van der Waals surface area (Å²) in [6.07, 6.45) is 7.06. The third-order valence-corrected chi connectivity index (χ3v) is 2.95. The van der Waals surface area contributed by atoms with E-state index >= 15 is 0 Å². The van der Waals surface area contributed by atoms with Crippen LogP contribution in [-0.2, 0) is 4.74 Å². The van der Waals surface area contributed by atoms with E-state index in [4.69, 9.17) is 4.74 Å². The predicted molar refractivity (Wildman–Crippen MR) is 55.9 cm³/mol. The molecule has 0 heterocycles. The van der Waals surface area contributed by atoms with Crippen molar-refractivity contribution in [1.82, 2.24) is 5.32 Å². The summed E-state index contributed by atoms with van der Waals surface area (Å²) in [5.41, 5.74) is 0. The highest BCUT2D eigenvalue weighted by Crippen LogP contribution is 2.28. The van der Waals surface area contributed by atoms with E-state index in [0.29, 0.717) is 6.04 Å². The van der Waals surface area contributed by atoms with Gasteiger partial charge < -0.3 is 10.1 Å². The highest BCUT2D eigenvalue weighted by atomic mass is 16.5. The maximum atomic E-state index is 5.20. The molecule has 0 aromatic carbocycles. The molecule has 1 fully saturated rings. The minimum atomic E-state index is 0.582. The van der Waals surface area contributed by atoms with Crippen molar-refractivity contribution < 1.29 is 4.74 Å². The molecule has 0 radical (unpaired) electrons. The van der Waals surface area contributed by atoms with Gasteiger partial charge in [-0.3, -0.25) is 0 Å². The second-order valence-corrected chi connectivity index (χ2v) is 4.10. The standard InChI is InChI=1S/C11H23NO/c1-3-12-11(9-13-2)8-10-6-4-5-7-10/h10-12H,3-9H2,1-2H3. The van der Waals surface area contributed by atoms with Crippen LogP contribution >= 0.6 is 0 Å². The summed E-state index contributed by atoms with van der Waals surface area (Å²) in [6, 6.07) is 0.582. The highest BCUT2D eigenvalue weighted by Gasteiger charge is 2.19. The van der Waals surface area contributed by atoms with Crippen molar-refractivity contribution in [2.75, 3.05) is 20.3 Å². The molecule has 13 heavy (non-hydrogen) atoms. The molecule has 0 spiro atoms. The molecule has 1 rings (SSSR count). The SMILES string of the molecule is CCNC(COC)CC1CCCC1. The van der Waals surface area contributed by atoms with Crippen LogP contribution in [-0.4, -0.2) is 26.3 Å². The van der Waals surface area contributed by atoms with Crippen molar-refractivity contribution >= 4 is 0 Å². The lowest BCUT2D eigenvalue weighted by molar-refractivity contribution is 0.155. The fourth-order valence-corrected chi connectivity index (χ4v) is 2.35. The molecule has 1 saturated carbocycles. The van der Waals surface area contributed by atoms with E-state index in [1.165, 1.54) is 32.1 Å². The first-order chi connectivity index (χ1) is 6.36. The first-order valence-electron chi connectivity index (χ1n) is 5.59. The zero-order valence-corrected chi connectivity index (χ0v) is 9.01. The van der Waals surface area contributed by atoms with Gasteiger partial charge in [-0.15, -0.1) is 0 Å². The molecule has 1 unspecified atom stereocenters. The molecular formula is C11H23NO. The average Bonchev–Trinajstić information content (AvgIpc) is 2.58. The van der Waals surface area contributed by atoms with Crippen molar-refractivity contribution in [1.29, 1.82) is 0 Å². The lowest BCUT2D eigenvalue weighted by atomic mass is 9.99. The third-order valence-electron chi connectivity index (χ3n) is 2.95. The van der Waals surface area contributed by atoms with Crippen LogP contribution in [0.2, 0.25) is 0 Å². The van der Waals surface area contributed by atoms with Gasteiger partial charge >= 0.3 is 0 Å². The van der Waals surface area contributed by atoms with Crippen molar-refractivity contribution in [2.45, 2.75) is 45.1 Å². The Kier molecular flexibility index (Phi) is 5.40. The summed E-state index contributed by atoms with van der Waals surface area (Å²) in [7, 11) is 1.79. The van der Waals surface area contributed by atoms with Crippen molar-refractivity contribution in [2.24, 2.45) is 5.92 Å². The molecule has 1 atom stereocenters. The summed E-state index contributed by atoms with van der Waals surface area (Å²) in [5, 5.41) is 3.49.